The first-order valence-corrected chi connectivity index (χ1v) is 9.03. The Balaban J connectivity index is 1.89. The molecule has 2 aliphatic rings. The van der Waals surface area contributed by atoms with Crippen molar-refractivity contribution in [3.8, 4) is 0 Å². The standard InChI is InChI=1S/C17H32N4O2/c1-4-18-16(19-10-7-15(22)20(5-2)6-3)21-11-8-17(13-21)9-12-23-14-17/h4-14H2,1-3H3,(H,18,19). The lowest BCUT2D eigenvalue weighted by atomic mass is 9.87. The molecule has 1 atom stereocenters. The zero-order chi connectivity index (χ0) is 16.7. The molecule has 6 nitrogen and oxygen atoms in total. The average Bonchev–Trinajstić information content (AvgIpc) is 3.18. The number of rotatable bonds is 6. The summed E-state index contributed by atoms with van der Waals surface area (Å²) in [5.74, 6) is 1.14. The van der Waals surface area contributed by atoms with Crippen LogP contribution in [-0.2, 0) is 9.53 Å². The summed E-state index contributed by atoms with van der Waals surface area (Å²) in [4.78, 5) is 21.0. The van der Waals surface area contributed by atoms with Crippen molar-refractivity contribution in [3.63, 3.8) is 0 Å². The van der Waals surface area contributed by atoms with Crippen LogP contribution in [0.2, 0.25) is 0 Å². The maximum Gasteiger partial charge on any atom is 0.224 e. The molecule has 2 aliphatic heterocycles. The van der Waals surface area contributed by atoms with E-state index in [4.69, 9.17) is 4.74 Å². The third-order valence-corrected chi connectivity index (χ3v) is 4.96. The van der Waals surface area contributed by atoms with Gasteiger partial charge in [0.15, 0.2) is 5.96 Å². The zero-order valence-corrected chi connectivity index (χ0v) is 14.9. The third-order valence-electron chi connectivity index (χ3n) is 4.96. The maximum atomic E-state index is 12.1. The van der Waals surface area contributed by atoms with E-state index in [2.05, 4.69) is 22.1 Å². The van der Waals surface area contributed by atoms with Crippen molar-refractivity contribution in [3.05, 3.63) is 0 Å². The predicted octanol–water partition coefficient (Wildman–Crippen LogP) is 1.32. The van der Waals surface area contributed by atoms with E-state index in [9.17, 15) is 4.79 Å². The molecule has 23 heavy (non-hydrogen) atoms. The highest BCUT2D eigenvalue weighted by Gasteiger charge is 2.42. The van der Waals surface area contributed by atoms with Gasteiger partial charge in [-0.05, 0) is 33.6 Å². The van der Waals surface area contributed by atoms with Gasteiger partial charge in [-0.2, -0.15) is 0 Å². The molecule has 132 valence electrons. The SMILES string of the molecule is CCNC(=NCCC(=O)N(CC)CC)N1CCC2(CCOC2)C1. The van der Waals surface area contributed by atoms with Crippen molar-refractivity contribution in [2.45, 2.75) is 40.0 Å². The summed E-state index contributed by atoms with van der Waals surface area (Å²) in [6.07, 6.45) is 2.82. The van der Waals surface area contributed by atoms with Gasteiger partial charge in [0.2, 0.25) is 5.91 Å². The molecule has 1 spiro atoms. The number of likely N-dealkylation sites (tertiary alicyclic amines) is 1. The highest BCUT2D eigenvalue weighted by Crippen LogP contribution is 2.38. The van der Waals surface area contributed by atoms with Crippen molar-refractivity contribution >= 4 is 11.9 Å². The monoisotopic (exact) mass is 324 g/mol. The van der Waals surface area contributed by atoms with Gasteiger partial charge in [0, 0.05) is 51.2 Å². The number of amides is 1. The first kappa shape index (κ1) is 18.0. The van der Waals surface area contributed by atoms with E-state index in [1.807, 2.05) is 18.7 Å². The largest absolute Gasteiger partial charge is 0.381 e. The Morgan fingerprint density at radius 2 is 2.09 bits per heavy atom. The second kappa shape index (κ2) is 8.52. The Hall–Kier alpha value is -1.30. The summed E-state index contributed by atoms with van der Waals surface area (Å²) in [5.41, 5.74) is 0.327. The average molecular weight is 324 g/mol. The molecule has 2 saturated heterocycles. The molecule has 2 rings (SSSR count). The van der Waals surface area contributed by atoms with Crippen LogP contribution in [0.5, 0.6) is 0 Å². The molecule has 0 aromatic carbocycles. The number of ether oxygens (including phenoxy) is 1. The zero-order valence-electron chi connectivity index (χ0n) is 14.9. The molecule has 0 radical (unpaired) electrons. The van der Waals surface area contributed by atoms with E-state index >= 15 is 0 Å². The summed E-state index contributed by atoms with van der Waals surface area (Å²) in [6.45, 7) is 12.9. The number of carbonyl (C=O) groups is 1. The Morgan fingerprint density at radius 1 is 1.30 bits per heavy atom. The highest BCUT2D eigenvalue weighted by molar-refractivity contribution is 5.81. The van der Waals surface area contributed by atoms with Gasteiger partial charge < -0.3 is 19.9 Å². The van der Waals surface area contributed by atoms with Crippen LogP contribution < -0.4 is 5.32 Å². The fourth-order valence-corrected chi connectivity index (χ4v) is 3.50. The van der Waals surface area contributed by atoms with Gasteiger partial charge in [-0.25, -0.2) is 0 Å². The number of aliphatic imine (C=N–C) groups is 1. The first-order chi connectivity index (χ1) is 11.1. The fraction of sp³-hybridized carbons (Fsp3) is 0.882. The topological polar surface area (TPSA) is 57.2 Å². The summed E-state index contributed by atoms with van der Waals surface area (Å²) >= 11 is 0. The second-order valence-corrected chi connectivity index (χ2v) is 6.53. The lowest BCUT2D eigenvalue weighted by Crippen LogP contribution is -2.41. The van der Waals surface area contributed by atoms with Crippen molar-refractivity contribution in [2.24, 2.45) is 10.4 Å². The normalized spacial score (nSPS) is 24.5. The molecular formula is C17H32N4O2. The summed E-state index contributed by atoms with van der Waals surface area (Å²) < 4.78 is 5.60. The van der Waals surface area contributed by atoms with Crippen LogP contribution in [0, 0.1) is 5.41 Å². The lowest BCUT2D eigenvalue weighted by molar-refractivity contribution is -0.130. The van der Waals surface area contributed by atoms with E-state index in [1.54, 1.807) is 0 Å². The number of hydrogen-bond donors (Lipinski definition) is 1. The number of carbonyl (C=O) groups excluding carboxylic acids is 1. The Kier molecular flexibility index (Phi) is 6.69. The lowest BCUT2D eigenvalue weighted by Gasteiger charge is -2.25. The molecule has 0 aliphatic carbocycles. The Labute approximate surface area is 140 Å². The maximum absolute atomic E-state index is 12.1. The van der Waals surface area contributed by atoms with Gasteiger partial charge in [-0.1, -0.05) is 0 Å². The number of nitrogens with zero attached hydrogens (tertiary/aromatic N) is 3. The quantitative estimate of drug-likeness (QED) is 0.591. The van der Waals surface area contributed by atoms with E-state index < -0.39 is 0 Å². The Bertz CT molecular complexity index is 415. The minimum Gasteiger partial charge on any atom is -0.381 e. The fourth-order valence-electron chi connectivity index (χ4n) is 3.50. The van der Waals surface area contributed by atoms with E-state index in [0.29, 0.717) is 18.4 Å². The molecule has 6 heteroatoms. The molecule has 1 amide bonds. The number of guanidine groups is 1. The summed E-state index contributed by atoms with van der Waals surface area (Å²) in [6, 6.07) is 0. The van der Waals surface area contributed by atoms with Gasteiger partial charge in [0.05, 0.1) is 13.2 Å². The smallest absolute Gasteiger partial charge is 0.224 e. The van der Waals surface area contributed by atoms with Crippen molar-refractivity contribution in [1.82, 2.24) is 15.1 Å². The van der Waals surface area contributed by atoms with Crippen molar-refractivity contribution in [1.29, 1.82) is 0 Å². The molecule has 1 N–H and O–H groups in total. The van der Waals surface area contributed by atoms with Crippen LogP contribution in [0.25, 0.3) is 0 Å². The van der Waals surface area contributed by atoms with Crippen LogP contribution in [-0.4, -0.2) is 74.1 Å². The number of hydrogen-bond acceptors (Lipinski definition) is 3. The van der Waals surface area contributed by atoms with E-state index in [1.165, 1.54) is 6.42 Å². The molecule has 0 bridgehead atoms. The third kappa shape index (κ3) is 4.59. The minimum absolute atomic E-state index is 0.191. The van der Waals surface area contributed by atoms with Gasteiger partial charge in [-0.3, -0.25) is 9.79 Å². The van der Waals surface area contributed by atoms with Crippen LogP contribution in [0.15, 0.2) is 4.99 Å². The second-order valence-electron chi connectivity index (χ2n) is 6.53. The van der Waals surface area contributed by atoms with Gasteiger partial charge in [-0.15, -0.1) is 0 Å². The molecule has 1 unspecified atom stereocenters. The molecular weight excluding hydrogens is 292 g/mol. The van der Waals surface area contributed by atoms with Gasteiger partial charge in [0.25, 0.3) is 0 Å². The van der Waals surface area contributed by atoms with Crippen LogP contribution in [0.4, 0.5) is 0 Å². The number of nitrogens with one attached hydrogen (secondary N) is 1. The molecule has 0 aromatic heterocycles. The van der Waals surface area contributed by atoms with Gasteiger partial charge >= 0.3 is 0 Å². The minimum atomic E-state index is 0.191. The summed E-state index contributed by atoms with van der Waals surface area (Å²) in [5, 5.41) is 3.37. The van der Waals surface area contributed by atoms with Crippen molar-refractivity contribution in [2.75, 3.05) is 52.5 Å². The van der Waals surface area contributed by atoms with Crippen LogP contribution in [0.1, 0.15) is 40.0 Å². The molecule has 2 fully saturated rings. The molecule has 0 aromatic rings. The van der Waals surface area contributed by atoms with Crippen molar-refractivity contribution < 1.29 is 9.53 Å². The van der Waals surface area contributed by atoms with E-state index in [-0.39, 0.29) is 5.91 Å². The van der Waals surface area contributed by atoms with Crippen LogP contribution >= 0.6 is 0 Å². The van der Waals surface area contributed by atoms with Crippen LogP contribution in [0.3, 0.4) is 0 Å². The summed E-state index contributed by atoms with van der Waals surface area (Å²) in [7, 11) is 0. The highest BCUT2D eigenvalue weighted by atomic mass is 16.5. The van der Waals surface area contributed by atoms with E-state index in [0.717, 1.165) is 58.3 Å². The molecule has 2 heterocycles. The predicted molar refractivity (Wildman–Crippen MR) is 92.6 cm³/mol. The molecule has 0 saturated carbocycles. The Morgan fingerprint density at radius 3 is 2.70 bits per heavy atom. The van der Waals surface area contributed by atoms with Gasteiger partial charge in [0.1, 0.15) is 0 Å². The first-order valence-electron chi connectivity index (χ1n) is 9.03.